The molecule has 0 amide bonds. The topological polar surface area (TPSA) is 49.3 Å². The zero-order valence-corrected chi connectivity index (χ0v) is 17.4. The van der Waals surface area contributed by atoms with Gasteiger partial charge < -0.3 is 10.6 Å². The van der Waals surface area contributed by atoms with Crippen molar-refractivity contribution in [1.82, 2.24) is 15.6 Å². The summed E-state index contributed by atoms with van der Waals surface area (Å²) in [6.45, 7) is 3.63. The SMILES string of the molecule is CN=C(NCCc1csc(C)n1)NCc1csc(Br)c1.I. The first kappa shape index (κ1) is 18.9. The highest BCUT2D eigenvalue weighted by atomic mass is 127. The molecule has 4 nitrogen and oxygen atoms in total. The predicted molar refractivity (Wildman–Crippen MR) is 106 cm³/mol. The lowest BCUT2D eigenvalue weighted by atomic mass is 10.3. The molecule has 2 aromatic heterocycles. The number of thiazole rings is 1. The molecule has 2 N–H and O–H groups in total. The van der Waals surface area contributed by atoms with Crippen molar-refractivity contribution in [2.24, 2.45) is 4.99 Å². The quantitative estimate of drug-likeness (QED) is 0.373. The fourth-order valence-electron chi connectivity index (χ4n) is 1.68. The fraction of sp³-hybridized carbons (Fsp3) is 0.385. The van der Waals surface area contributed by atoms with Crippen LogP contribution in [0.4, 0.5) is 0 Å². The Kier molecular flexibility index (Phi) is 8.76. The standard InChI is InChI=1S/C13H17BrN4S2.HI/c1-9-18-11(8-19-9)3-4-16-13(15-2)17-6-10-5-12(14)20-7-10;/h5,7-8H,3-4,6H2,1-2H3,(H2,15,16,17);1H. The van der Waals surface area contributed by atoms with Crippen molar-refractivity contribution in [3.63, 3.8) is 0 Å². The van der Waals surface area contributed by atoms with Crippen LogP contribution >= 0.6 is 62.6 Å². The van der Waals surface area contributed by atoms with E-state index in [9.17, 15) is 0 Å². The highest BCUT2D eigenvalue weighted by Crippen LogP contribution is 2.20. The van der Waals surface area contributed by atoms with Crippen molar-refractivity contribution in [3.8, 4) is 0 Å². The number of nitrogens with zero attached hydrogens (tertiary/aromatic N) is 2. The molecule has 0 saturated heterocycles. The van der Waals surface area contributed by atoms with Crippen LogP contribution in [0.25, 0.3) is 0 Å². The minimum atomic E-state index is 0. The Bertz CT molecular complexity index is 582. The number of halogens is 2. The molecular formula is C13H18BrIN4S2. The fourth-order valence-corrected chi connectivity index (χ4v) is 3.53. The van der Waals surface area contributed by atoms with Crippen LogP contribution < -0.4 is 10.6 Å². The van der Waals surface area contributed by atoms with E-state index in [0.717, 1.165) is 40.0 Å². The zero-order chi connectivity index (χ0) is 14.4. The molecule has 0 spiro atoms. The second-order valence-electron chi connectivity index (χ2n) is 4.22. The monoisotopic (exact) mass is 500 g/mol. The van der Waals surface area contributed by atoms with Crippen LogP contribution in [0.15, 0.2) is 25.6 Å². The molecule has 0 aromatic carbocycles. The Morgan fingerprint density at radius 1 is 1.33 bits per heavy atom. The molecule has 0 fully saturated rings. The van der Waals surface area contributed by atoms with E-state index in [4.69, 9.17) is 0 Å². The normalized spacial score (nSPS) is 11.1. The van der Waals surface area contributed by atoms with Gasteiger partial charge in [-0.05, 0) is 39.9 Å². The third kappa shape index (κ3) is 6.62. The van der Waals surface area contributed by atoms with Crippen LogP contribution in [0.2, 0.25) is 0 Å². The van der Waals surface area contributed by atoms with E-state index in [2.05, 4.69) is 53.4 Å². The first-order valence-corrected chi connectivity index (χ1v) is 8.81. The summed E-state index contributed by atoms with van der Waals surface area (Å²) in [5.41, 5.74) is 2.39. The van der Waals surface area contributed by atoms with E-state index in [0.29, 0.717) is 0 Å². The molecule has 21 heavy (non-hydrogen) atoms. The van der Waals surface area contributed by atoms with E-state index in [1.54, 1.807) is 29.7 Å². The highest BCUT2D eigenvalue weighted by molar-refractivity contribution is 14.0. The molecule has 116 valence electrons. The second kappa shape index (κ2) is 9.75. The number of rotatable bonds is 5. The van der Waals surface area contributed by atoms with Gasteiger partial charge >= 0.3 is 0 Å². The van der Waals surface area contributed by atoms with E-state index >= 15 is 0 Å². The summed E-state index contributed by atoms with van der Waals surface area (Å²) in [4.78, 5) is 8.66. The maximum atomic E-state index is 4.44. The summed E-state index contributed by atoms with van der Waals surface area (Å²) < 4.78 is 1.15. The van der Waals surface area contributed by atoms with Gasteiger partial charge in [0.25, 0.3) is 0 Å². The largest absolute Gasteiger partial charge is 0.356 e. The number of hydrogen-bond acceptors (Lipinski definition) is 4. The van der Waals surface area contributed by atoms with Gasteiger partial charge in [0.2, 0.25) is 0 Å². The molecule has 2 rings (SSSR count). The van der Waals surface area contributed by atoms with Crippen molar-refractivity contribution in [2.75, 3.05) is 13.6 Å². The summed E-state index contributed by atoms with van der Waals surface area (Å²) in [6.07, 6.45) is 0.912. The molecule has 0 aliphatic heterocycles. The smallest absolute Gasteiger partial charge is 0.191 e. The number of aliphatic imine (C=N–C) groups is 1. The van der Waals surface area contributed by atoms with Crippen molar-refractivity contribution >= 4 is 68.5 Å². The lowest BCUT2D eigenvalue weighted by Gasteiger charge is -2.10. The first-order chi connectivity index (χ1) is 9.67. The van der Waals surface area contributed by atoms with E-state index in [1.807, 2.05) is 6.92 Å². The molecule has 0 bridgehead atoms. The molecule has 0 saturated carbocycles. The van der Waals surface area contributed by atoms with Gasteiger partial charge in [-0.1, -0.05) is 0 Å². The third-order valence-electron chi connectivity index (χ3n) is 2.65. The highest BCUT2D eigenvalue weighted by Gasteiger charge is 2.02. The van der Waals surface area contributed by atoms with Gasteiger partial charge in [-0.15, -0.1) is 46.7 Å². The molecular weight excluding hydrogens is 483 g/mol. The van der Waals surface area contributed by atoms with Gasteiger partial charge in [-0.25, -0.2) is 4.98 Å². The Labute approximate surface area is 158 Å². The van der Waals surface area contributed by atoms with Crippen LogP contribution in [0, 0.1) is 6.92 Å². The van der Waals surface area contributed by atoms with Crippen molar-refractivity contribution < 1.29 is 0 Å². The van der Waals surface area contributed by atoms with Gasteiger partial charge in [-0.2, -0.15) is 0 Å². The lowest BCUT2D eigenvalue weighted by molar-refractivity contribution is 0.787. The van der Waals surface area contributed by atoms with Crippen LogP contribution in [0.1, 0.15) is 16.3 Å². The molecule has 2 heterocycles. The number of guanidine groups is 1. The Morgan fingerprint density at radius 2 is 2.14 bits per heavy atom. The predicted octanol–water partition coefficient (Wildman–Crippen LogP) is 3.80. The van der Waals surface area contributed by atoms with Crippen molar-refractivity contribution in [2.45, 2.75) is 19.9 Å². The zero-order valence-electron chi connectivity index (χ0n) is 11.9. The summed E-state index contributed by atoms with van der Waals surface area (Å²) in [7, 11) is 1.78. The maximum Gasteiger partial charge on any atom is 0.191 e. The number of aromatic nitrogens is 1. The summed E-state index contributed by atoms with van der Waals surface area (Å²) in [5, 5.41) is 11.9. The van der Waals surface area contributed by atoms with Crippen LogP contribution in [0.5, 0.6) is 0 Å². The number of thiophene rings is 1. The minimum Gasteiger partial charge on any atom is -0.356 e. The average molecular weight is 501 g/mol. The van der Waals surface area contributed by atoms with Crippen LogP contribution in [-0.2, 0) is 13.0 Å². The summed E-state index contributed by atoms with van der Waals surface area (Å²) in [5.74, 6) is 0.819. The first-order valence-electron chi connectivity index (χ1n) is 6.26. The molecule has 2 aromatic rings. The Hall–Kier alpha value is -0.190. The molecule has 8 heteroatoms. The van der Waals surface area contributed by atoms with Gasteiger partial charge in [0, 0.05) is 31.9 Å². The number of hydrogen-bond donors (Lipinski definition) is 2. The number of aryl methyl sites for hydroxylation is 1. The van der Waals surface area contributed by atoms with Gasteiger partial charge in [0.1, 0.15) is 0 Å². The summed E-state index contributed by atoms with van der Waals surface area (Å²) in [6, 6.07) is 2.11. The van der Waals surface area contributed by atoms with E-state index in [1.165, 1.54) is 5.56 Å². The minimum absolute atomic E-state index is 0. The van der Waals surface area contributed by atoms with Crippen LogP contribution in [0.3, 0.4) is 0 Å². The Morgan fingerprint density at radius 3 is 2.71 bits per heavy atom. The molecule has 0 unspecified atom stereocenters. The lowest BCUT2D eigenvalue weighted by Crippen LogP contribution is -2.37. The molecule has 0 aliphatic rings. The maximum absolute atomic E-state index is 4.44. The Balaban J connectivity index is 0.00000220. The van der Waals surface area contributed by atoms with Gasteiger partial charge in [-0.3, -0.25) is 4.99 Å². The van der Waals surface area contributed by atoms with Crippen molar-refractivity contribution in [1.29, 1.82) is 0 Å². The summed E-state index contributed by atoms with van der Waals surface area (Å²) >= 11 is 6.85. The van der Waals surface area contributed by atoms with Gasteiger partial charge in [0.15, 0.2) is 5.96 Å². The van der Waals surface area contributed by atoms with Gasteiger partial charge in [0.05, 0.1) is 14.5 Å². The second-order valence-corrected chi connectivity index (χ2v) is 7.57. The van der Waals surface area contributed by atoms with E-state index < -0.39 is 0 Å². The van der Waals surface area contributed by atoms with E-state index in [-0.39, 0.29) is 24.0 Å². The molecule has 0 radical (unpaired) electrons. The number of nitrogens with one attached hydrogen (secondary N) is 2. The third-order valence-corrected chi connectivity index (χ3v) is 5.02. The molecule has 0 atom stereocenters. The van der Waals surface area contributed by atoms with Crippen LogP contribution in [-0.4, -0.2) is 24.5 Å². The van der Waals surface area contributed by atoms with Crippen molar-refractivity contribution in [3.05, 3.63) is 36.9 Å². The average Bonchev–Trinajstić information content (AvgIpc) is 3.02. The molecule has 0 aliphatic carbocycles.